The highest BCUT2D eigenvalue weighted by atomic mass is 32.2. The summed E-state index contributed by atoms with van der Waals surface area (Å²) in [5, 5.41) is 3.08. The van der Waals surface area contributed by atoms with Crippen LogP contribution >= 0.6 is 0 Å². The maximum Gasteiger partial charge on any atom is 0.251 e. The van der Waals surface area contributed by atoms with Crippen molar-refractivity contribution in [3.63, 3.8) is 0 Å². The molecule has 0 saturated heterocycles. The maximum absolute atomic E-state index is 12.2. The van der Waals surface area contributed by atoms with Gasteiger partial charge < -0.3 is 5.32 Å². The Morgan fingerprint density at radius 3 is 2.33 bits per heavy atom. The smallest absolute Gasteiger partial charge is 0.251 e. The van der Waals surface area contributed by atoms with E-state index in [9.17, 15) is 13.2 Å². The number of carbonyl (C=O) groups is 1. The van der Waals surface area contributed by atoms with Gasteiger partial charge in [-0.25, -0.2) is 8.42 Å². The second kappa shape index (κ2) is 6.47. The summed E-state index contributed by atoms with van der Waals surface area (Å²) in [6.07, 6.45) is 5.67. The Kier molecular flexibility index (Phi) is 4.88. The van der Waals surface area contributed by atoms with Crippen LogP contribution < -0.4 is 10.0 Å². The molecule has 2 N–H and O–H groups in total. The lowest BCUT2D eigenvalue weighted by Gasteiger charge is -2.29. The van der Waals surface area contributed by atoms with Crippen molar-refractivity contribution in [1.82, 2.24) is 5.32 Å². The van der Waals surface area contributed by atoms with E-state index in [0.29, 0.717) is 17.2 Å². The van der Waals surface area contributed by atoms with Crippen molar-refractivity contribution in [2.24, 2.45) is 5.92 Å². The van der Waals surface area contributed by atoms with E-state index in [0.717, 1.165) is 25.5 Å². The largest absolute Gasteiger partial charge is 0.349 e. The van der Waals surface area contributed by atoms with Crippen LogP contribution in [0.4, 0.5) is 5.69 Å². The molecular formula is C15H22N2O3S. The first-order valence-electron chi connectivity index (χ1n) is 7.24. The van der Waals surface area contributed by atoms with E-state index in [1.54, 1.807) is 24.3 Å². The molecule has 2 atom stereocenters. The van der Waals surface area contributed by atoms with Gasteiger partial charge in [-0.3, -0.25) is 9.52 Å². The zero-order valence-corrected chi connectivity index (χ0v) is 13.2. The van der Waals surface area contributed by atoms with Gasteiger partial charge in [0.05, 0.1) is 6.26 Å². The van der Waals surface area contributed by atoms with Gasteiger partial charge in [-0.1, -0.05) is 19.8 Å². The van der Waals surface area contributed by atoms with Crippen molar-refractivity contribution >= 4 is 21.6 Å². The summed E-state index contributed by atoms with van der Waals surface area (Å²) < 4.78 is 24.6. The molecule has 1 aliphatic rings. The number of hydrogen-bond donors (Lipinski definition) is 2. The van der Waals surface area contributed by atoms with Crippen LogP contribution in [0.1, 0.15) is 43.0 Å². The number of sulfonamides is 1. The Hall–Kier alpha value is -1.56. The number of nitrogens with one attached hydrogen (secondary N) is 2. The van der Waals surface area contributed by atoms with Crippen LogP contribution in [0, 0.1) is 5.92 Å². The van der Waals surface area contributed by atoms with Crippen molar-refractivity contribution < 1.29 is 13.2 Å². The molecule has 1 aromatic carbocycles. The molecule has 116 valence electrons. The lowest BCUT2D eigenvalue weighted by atomic mass is 9.86. The number of hydrogen-bond acceptors (Lipinski definition) is 3. The number of anilines is 1. The maximum atomic E-state index is 12.2. The fourth-order valence-electron chi connectivity index (χ4n) is 2.69. The van der Waals surface area contributed by atoms with Crippen molar-refractivity contribution in [3.05, 3.63) is 29.8 Å². The second-order valence-electron chi connectivity index (χ2n) is 5.79. The molecule has 0 bridgehead atoms. The molecule has 0 heterocycles. The topological polar surface area (TPSA) is 75.3 Å². The fourth-order valence-corrected chi connectivity index (χ4v) is 3.25. The molecule has 0 radical (unpaired) electrons. The van der Waals surface area contributed by atoms with E-state index in [-0.39, 0.29) is 11.9 Å². The van der Waals surface area contributed by atoms with Gasteiger partial charge in [-0.15, -0.1) is 0 Å². The van der Waals surface area contributed by atoms with Gasteiger partial charge in [0.1, 0.15) is 0 Å². The number of amides is 1. The number of carbonyl (C=O) groups excluding carboxylic acids is 1. The van der Waals surface area contributed by atoms with Crippen molar-refractivity contribution in [3.8, 4) is 0 Å². The van der Waals surface area contributed by atoms with Crippen molar-refractivity contribution in [2.45, 2.75) is 38.6 Å². The predicted molar refractivity (Wildman–Crippen MR) is 83.8 cm³/mol. The predicted octanol–water partition coefficient (Wildman–Crippen LogP) is 2.37. The minimum absolute atomic E-state index is 0.0975. The fraction of sp³-hybridized carbons (Fsp3) is 0.533. The molecule has 1 amide bonds. The quantitative estimate of drug-likeness (QED) is 0.896. The molecule has 2 unspecified atom stereocenters. The minimum Gasteiger partial charge on any atom is -0.349 e. The van der Waals surface area contributed by atoms with Gasteiger partial charge in [0.15, 0.2) is 0 Å². The first kappa shape index (κ1) is 15.8. The number of rotatable bonds is 4. The lowest BCUT2D eigenvalue weighted by molar-refractivity contribution is 0.0910. The summed E-state index contributed by atoms with van der Waals surface area (Å²) in [5.41, 5.74) is 1.01. The highest BCUT2D eigenvalue weighted by Gasteiger charge is 2.23. The summed E-state index contributed by atoms with van der Waals surface area (Å²) in [4.78, 5) is 12.2. The molecule has 6 heteroatoms. The summed E-state index contributed by atoms with van der Waals surface area (Å²) in [6.45, 7) is 2.17. The Bertz CT molecular complexity index is 596. The monoisotopic (exact) mass is 310 g/mol. The highest BCUT2D eigenvalue weighted by molar-refractivity contribution is 7.92. The summed E-state index contributed by atoms with van der Waals surface area (Å²) in [5.74, 6) is 0.411. The molecule has 1 aliphatic carbocycles. The van der Waals surface area contributed by atoms with E-state index in [4.69, 9.17) is 0 Å². The van der Waals surface area contributed by atoms with Crippen molar-refractivity contribution in [2.75, 3.05) is 11.0 Å². The molecule has 0 aromatic heterocycles. The lowest BCUT2D eigenvalue weighted by Crippen LogP contribution is -2.41. The van der Waals surface area contributed by atoms with Crippen LogP contribution in [0.2, 0.25) is 0 Å². The normalized spacial score (nSPS) is 22.6. The summed E-state index contributed by atoms with van der Waals surface area (Å²) in [7, 11) is -3.29. The van der Waals surface area contributed by atoms with E-state index < -0.39 is 10.0 Å². The van der Waals surface area contributed by atoms with E-state index >= 15 is 0 Å². The molecular weight excluding hydrogens is 288 g/mol. The Balaban J connectivity index is 1.99. The van der Waals surface area contributed by atoms with Gasteiger partial charge in [0.2, 0.25) is 10.0 Å². The van der Waals surface area contributed by atoms with E-state index in [1.165, 1.54) is 6.42 Å². The van der Waals surface area contributed by atoms with Crippen LogP contribution in [-0.4, -0.2) is 26.6 Å². The Labute approximate surface area is 126 Å². The van der Waals surface area contributed by atoms with Gasteiger partial charge in [0, 0.05) is 17.3 Å². The molecule has 0 aliphatic heterocycles. The summed E-state index contributed by atoms with van der Waals surface area (Å²) in [6, 6.07) is 6.70. The van der Waals surface area contributed by atoms with E-state index in [1.807, 2.05) is 0 Å². The van der Waals surface area contributed by atoms with Crippen LogP contribution in [0.3, 0.4) is 0 Å². The van der Waals surface area contributed by atoms with Gasteiger partial charge >= 0.3 is 0 Å². The molecule has 1 saturated carbocycles. The zero-order chi connectivity index (χ0) is 15.5. The number of benzene rings is 1. The molecule has 1 fully saturated rings. The van der Waals surface area contributed by atoms with Gasteiger partial charge in [-0.2, -0.15) is 0 Å². The molecule has 1 aromatic rings. The molecule has 2 rings (SSSR count). The second-order valence-corrected chi connectivity index (χ2v) is 7.54. The zero-order valence-electron chi connectivity index (χ0n) is 12.4. The average molecular weight is 310 g/mol. The third kappa shape index (κ3) is 4.74. The van der Waals surface area contributed by atoms with Gasteiger partial charge in [0.25, 0.3) is 5.91 Å². The third-order valence-corrected chi connectivity index (χ3v) is 4.48. The Morgan fingerprint density at radius 1 is 1.14 bits per heavy atom. The average Bonchev–Trinajstić information content (AvgIpc) is 2.40. The summed E-state index contributed by atoms with van der Waals surface area (Å²) >= 11 is 0. The van der Waals surface area contributed by atoms with Crippen LogP contribution in [0.5, 0.6) is 0 Å². The highest BCUT2D eigenvalue weighted by Crippen LogP contribution is 2.24. The standard InChI is InChI=1S/C15H22N2O3S/c1-11-5-3-4-6-14(11)16-15(18)12-7-9-13(10-8-12)17-21(2,19)20/h7-11,14,17H,3-6H2,1-2H3,(H,16,18). The third-order valence-electron chi connectivity index (χ3n) is 3.88. The van der Waals surface area contributed by atoms with Crippen LogP contribution in [0.25, 0.3) is 0 Å². The van der Waals surface area contributed by atoms with Crippen LogP contribution in [-0.2, 0) is 10.0 Å². The Morgan fingerprint density at radius 2 is 1.76 bits per heavy atom. The van der Waals surface area contributed by atoms with Crippen LogP contribution in [0.15, 0.2) is 24.3 Å². The molecule has 21 heavy (non-hydrogen) atoms. The first-order chi connectivity index (χ1) is 9.85. The van der Waals surface area contributed by atoms with Crippen molar-refractivity contribution in [1.29, 1.82) is 0 Å². The van der Waals surface area contributed by atoms with Gasteiger partial charge in [-0.05, 0) is 43.0 Å². The molecule has 0 spiro atoms. The van der Waals surface area contributed by atoms with E-state index in [2.05, 4.69) is 17.0 Å². The molecule has 5 nitrogen and oxygen atoms in total. The first-order valence-corrected chi connectivity index (χ1v) is 9.13. The SMILES string of the molecule is CC1CCCCC1NC(=O)c1ccc(NS(C)(=O)=O)cc1. The minimum atomic E-state index is -3.29.